The van der Waals surface area contributed by atoms with Gasteiger partial charge in [0.1, 0.15) is 12.6 Å². The highest BCUT2D eigenvalue weighted by Crippen LogP contribution is 2.38. The first-order valence-electron chi connectivity index (χ1n) is 9.93. The summed E-state index contributed by atoms with van der Waals surface area (Å²) in [5, 5.41) is -0.513. The van der Waals surface area contributed by atoms with Gasteiger partial charge in [0.15, 0.2) is 11.5 Å². The predicted molar refractivity (Wildman–Crippen MR) is 143 cm³/mol. The number of imide groups is 1. The van der Waals surface area contributed by atoms with Gasteiger partial charge in [-0.2, -0.15) is 0 Å². The molecule has 1 aliphatic rings. The third kappa shape index (κ3) is 6.21. The lowest BCUT2D eigenvalue weighted by Crippen LogP contribution is -2.42. The summed E-state index contributed by atoms with van der Waals surface area (Å²) < 4.78 is 18.5. The summed E-state index contributed by atoms with van der Waals surface area (Å²) in [5.74, 6) is -0.0276. The van der Waals surface area contributed by atoms with Crippen molar-refractivity contribution >= 4 is 80.1 Å². The molecule has 2 amide bonds. The van der Waals surface area contributed by atoms with Gasteiger partial charge >= 0.3 is 5.97 Å². The number of halogens is 2. The van der Waals surface area contributed by atoms with Crippen molar-refractivity contribution in [2.75, 3.05) is 13.7 Å². The molecule has 10 heteroatoms. The second-order valence-electron chi connectivity index (χ2n) is 6.93. The maximum atomic E-state index is 12.8. The average Bonchev–Trinajstić information content (AvgIpc) is 3.06. The number of nitrogens with zero attached hydrogens (tertiary/aromatic N) is 1. The van der Waals surface area contributed by atoms with Crippen molar-refractivity contribution in [3.63, 3.8) is 0 Å². The summed E-state index contributed by atoms with van der Waals surface area (Å²) in [5.41, 5.74) is 1.71. The van der Waals surface area contributed by atoms with Gasteiger partial charge in [-0.1, -0.05) is 12.1 Å². The van der Waals surface area contributed by atoms with Crippen LogP contribution in [0.15, 0.2) is 41.3 Å². The van der Waals surface area contributed by atoms with Crippen molar-refractivity contribution in [2.45, 2.75) is 26.5 Å². The number of carbonyl (C=O) groups excluding carboxylic acids is 3. The van der Waals surface area contributed by atoms with Crippen LogP contribution in [0.25, 0.3) is 6.08 Å². The number of methoxy groups -OCH3 is 1. The topological polar surface area (TPSA) is 82.1 Å². The Morgan fingerprint density at radius 2 is 1.85 bits per heavy atom. The Morgan fingerprint density at radius 3 is 2.48 bits per heavy atom. The number of ether oxygens (including phenoxy) is 3. The van der Waals surface area contributed by atoms with E-state index in [1.54, 1.807) is 12.1 Å². The summed E-state index contributed by atoms with van der Waals surface area (Å²) >= 11 is 5.20. The molecule has 0 unspecified atom stereocenters. The number of hydrogen-bond donors (Lipinski definition) is 0. The van der Waals surface area contributed by atoms with Crippen molar-refractivity contribution in [1.29, 1.82) is 0 Å². The zero-order valence-corrected chi connectivity index (χ0v) is 23.2. The molecule has 174 valence electrons. The van der Waals surface area contributed by atoms with Gasteiger partial charge in [-0.15, -0.1) is 0 Å². The van der Waals surface area contributed by atoms with Crippen LogP contribution in [-0.4, -0.2) is 41.8 Å². The highest BCUT2D eigenvalue weighted by atomic mass is 127. The molecule has 2 aromatic carbocycles. The number of hydrogen-bond acceptors (Lipinski definition) is 7. The standard InChI is InChI=1S/C23H21I2NO6S/c1-4-31-18-10-15(9-17(25)20(18)32-12-14-5-7-16(24)8-6-14)11-19-21(27)26(23(29)33-19)13(2)22(28)30-3/h5-11,13H,4,12H2,1-3H3/b19-11+/t13-/m0/s1. The fourth-order valence-electron chi connectivity index (χ4n) is 3.05. The molecule has 1 heterocycles. The van der Waals surface area contributed by atoms with Gasteiger partial charge in [-0.05, 0) is 112 Å². The van der Waals surface area contributed by atoms with Gasteiger partial charge in [-0.25, -0.2) is 4.79 Å². The van der Waals surface area contributed by atoms with Gasteiger partial charge in [0, 0.05) is 3.57 Å². The number of benzene rings is 2. The van der Waals surface area contributed by atoms with Gasteiger partial charge in [0.2, 0.25) is 0 Å². The monoisotopic (exact) mass is 693 g/mol. The van der Waals surface area contributed by atoms with Crippen LogP contribution in [0.1, 0.15) is 25.0 Å². The summed E-state index contributed by atoms with van der Waals surface area (Å²) in [7, 11) is 1.22. The van der Waals surface area contributed by atoms with Crippen LogP contribution in [0.5, 0.6) is 11.5 Å². The fourth-order valence-corrected chi connectivity index (χ4v) is 5.10. The highest BCUT2D eigenvalue weighted by Gasteiger charge is 2.41. The minimum Gasteiger partial charge on any atom is -0.490 e. The maximum Gasteiger partial charge on any atom is 0.328 e. The minimum atomic E-state index is -0.996. The molecule has 0 radical (unpaired) electrons. The first kappa shape index (κ1) is 25.8. The Kier molecular flexibility index (Phi) is 9.04. The van der Waals surface area contributed by atoms with Crippen molar-refractivity contribution in [3.8, 4) is 11.5 Å². The van der Waals surface area contributed by atoms with Gasteiger partial charge < -0.3 is 14.2 Å². The molecule has 3 rings (SSSR count). The van der Waals surface area contributed by atoms with Crippen LogP contribution < -0.4 is 9.47 Å². The van der Waals surface area contributed by atoms with E-state index in [-0.39, 0.29) is 4.91 Å². The second-order valence-corrected chi connectivity index (χ2v) is 10.3. The van der Waals surface area contributed by atoms with Crippen LogP contribution in [0.3, 0.4) is 0 Å². The number of amides is 2. The van der Waals surface area contributed by atoms with E-state index < -0.39 is 23.2 Å². The third-order valence-corrected chi connectivity index (χ3v) is 7.08. The van der Waals surface area contributed by atoms with Crippen molar-refractivity contribution < 1.29 is 28.6 Å². The molecule has 1 atom stereocenters. The average molecular weight is 693 g/mol. The van der Waals surface area contributed by atoms with Crippen LogP contribution in [0, 0.1) is 7.14 Å². The molecule has 0 aromatic heterocycles. The zero-order valence-electron chi connectivity index (χ0n) is 18.1. The number of esters is 1. The Morgan fingerprint density at radius 1 is 1.15 bits per heavy atom. The highest BCUT2D eigenvalue weighted by molar-refractivity contribution is 14.1. The summed E-state index contributed by atoms with van der Waals surface area (Å²) in [6, 6.07) is 10.7. The summed E-state index contributed by atoms with van der Waals surface area (Å²) in [6.07, 6.45) is 1.61. The molecule has 0 saturated carbocycles. The largest absolute Gasteiger partial charge is 0.490 e. The predicted octanol–water partition coefficient (Wildman–Crippen LogP) is 5.47. The van der Waals surface area contributed by atoms with Crippen LogP contribution in [0.4, 0.5) is 4.79 Å². The van der Waals surface area contributed by atoms with Crippen LogP contribution in [-0.2, 0) is 20.9 Å². The Labute approximate surface area is 223 Å². The molecule has 0 bridgehead atoms. The molecule has 0 aliphatic carbocycles. The van der Waals surface area contributed by atoms with E-state index in [1.165, 1.54) is 14.0 Å². The van der Waals surface area contributed by atoms with Crippen molar-refractivity contribution in [3.05, 3.63) is 59.6 Å². The Balaban J connectivity index is 1.86. The van der Waals surface area contributed by atoms with E-state index in [9.17, 15) is 14.4 Å². The quantitative estimate of drug-likeness (QED) is 0.206. The van der Waals surface area contributed by atoms with E-state index in [1.807, 2.05) is 37.3 Å². The van der Waals surface area contributed by atoms with Crippen molar-refractivity contribution in [1.82, 2.24) is 4.90 Å². The molecule has 7 nitrogen and oxygen atoms in total. The Bertz CT molecular complexity index is 1100. The van der Waals surface area contributed by atoms with Crippen LogP contribution >= 0.6 is 56.9 Å². The molecule has 33 heavy (non-hydrogen) atoms. The minimum absolute atomic E-state index is 0.224. The maximum absolute atomic E-state index is 12.8. The molecular formula is C23H21I2NO6S. The summed E-state index contributed by atoms with van der Waals surface area (Å²) in [4.78, 5) is 38.1. The lowest BCUT2D eigenvalue weighted by Gasteiger charge is -2.18. The van der Waals surface area contributed by atoms with Gasteiger partial charge in [-0.3, -0.25) is 14.5 Å². The number of rotatable bonds is 8. The SMILES string of the molecule is CCOc1cc(/C=C2/SC(=O)N([C@@H](C)C(=O)OC)C2=O)cc(I)c1OCc1ccc(I)cc1. The molecule has 0 spiro atoms. The molecule has 1 saturated heterocycles. The fraction of sp³-hybridized carbons (Fsp3) is 0.261. The van der Waals surface area contributed by atoms with Gasteiger partial charge in [0.05, 0.1) is 22.2 Å². The van der Waals surface area contributed by atoms with E-state index in [4.69, 9.17) is 9.47 Å². The van der Waals surface area contributed by atoms with Crippen LogP contribution in [0.2, 0.25) is 0 Å². The van der Waals surface area contributed by atoms with E-state index in [2.05, 4.69) is 49.9 Å². The molecule has 1 fully saturated rings. The molecular weight excluding hydrogens is 672 g/mol. The molecule has 2 aromatic rings. The Hall–Kier alpha value is -1.80. The summed E-state index contributed by atoms with van der Waals surface area (Å²) in [6.45, 7) is 4.16. The van der Waals surface area contributed by atoms with E-state index in [0.717, 1.165) is 29.4 Å². The van der Waals surface area contributed by atoms with E-state index in [0.29, 0.717) is 30.3 Å². The zero-order chi connectivity index (χ0) is 24.1. The molecule has 1 aliphatic heterocycles. The number of carbonyl (C=O) groups is 3. The lowest BCUT2D eigenvalue weighted by atomic mass is 10.1. The van der Waals surface area contributed by atoms with Crippen molar-refractivity contribution in [2.24, 2.45) is 0 Å². The third-order valence-electron chi connectivity index (χ3n) is 4.68. The van der Waals surface area contributed by atoms with Gasteiger partial charge in [0.25, 0.3) is 11.1 Å². The first-order chi connectivity index (χ1) is 15.7. The van der Waals surface area contributed by atoms with E-state index >= 15 is 0 Å². The second kappa shape index (κ2) is 11.6. The molecule has 0 N–H and O–H groups in total. The normalized spacial score (nSPS) is 15.7. The lowest BCUT2D eigenvalue weighted by molar-refractivity contribution is -0.148. The first-order valence-corrected chi connectivity index (χ1v) is 12.9. The smallest absolute Gasteiger partial charge is 0.328 e. The number of thioether (sulfide) groups is 1.